The third-order valence-electron chi connectivity index (χ3n) is 7.94. The van der Waals surface area contributed by atoms with Crippen LogP contribution in [0.5, 0.6) is 5.75 Å². The lowest BCUT2D eigenvalue weighted by Gasteiger charge is -2.46. The van der Waals surface area contributed by atoms with Gasteiger partial charge < -0.3 is 36.2 Å². The summed E-state index contributed by atoms with van der Waals surface area (Å²) in [4.78, 5) is 39.9. The normalized spacial score (nSPS) is 24.6. The first-order valence-electron chi connectivity index (χ1n) is 12.1. The summed E-state index contributed by atoms with van der Waals surface area (Å²) >= 11 is 0. The van der Waals surface area contributed by atoms with Gasteiger partial charge in [-0.15, -0.1) is 0 Å². The van der Waals surface area contributed by atoms with E-state index < -0.39 is 52.0 Å². The molecular formula is C28H28N2O8. The van der Waals surface area contributed by atoms with E-state index in [-0.39, 0.29) is 42.8 Å². The number of benzene rings is 2. The molecule has 0 unspecified atom stereocenters. The van der Waals surface area contributed by atoms with Crippen molar-refractivity contribution in [2.75, 3.05) is 19.0 Å². The van der Waals surface area contributed by atoms with E-state index in [0.29, 0.717) is 27.9 Å². The summed E-state index contributed by atoms with van der Waals surface area (Å²) in [5, 5.41) is 54.6. The summed E-state index contributed by atoms with van der Waals surface area (Å²) < 4.78 is 0. The van der Waals surface area contributed by atoms with Crippen LogP contribution in [0.4, 0.5) is 5.69 Å². The van der Waals surface area contributed by atoms with Crippen LogP contribution >= 0.6 is 0 Å². The van der Waals surface area contributed by atoms with Crippen LogP contribution in [0, 0.1) is 11.8 Å². The van der Waals surface area contributed by atoms with E-state index in [4.69, 9.17) is 5.73 Å². The average molecular weight is 521 g/mol. The Kier molecular flexibility index (Phi) is 5.85. The summed E-state index contributed by atoms with van der Waals surface area (Å²) in [6.45, 7) is -0.210. The fraction of sp³-hybridized carbons (Fsp3) is 0.321. The standard InChI is InChI=1S/C28H28N2O8/c1-30(2)18-10-16(13-5-3-4-12(6-13)11-31)23(33)21-17(18)8-14-7-15-9-19(32)22(27(29)37)26(36)28(15,38)25(35)20(14)24(21)34/h3-6,10,14-15,31,33-34,36,38H,7-9,11H2,1-2H3,(H2,29,37)/t14-,15+,28+/m1/s1. The Balaban J connectivity index is 1.75. The molecule has 0 heterocycles. The molecule has 10 heteroatoms. The predicted octanol–water partition coefficient (Wildman–Crippen LogP) is 1.65. The second-order valence-electron chi connectivity index (χ2n) is 10.3. The maximum atomic E-state index is 13.7. The van der Waals surface area contributed by atoms with Gasteiger partial charge in [-0.05, 0) is 47.6 Å². The van der Waals surface area contributed by atoms with Crippen LogP contribution in [0.2, 0.25) is 0 Å². The summed E-state index contributed by atoms with van der Waals surface area (Å²) in [6.07, 6.45) is -0.0861. The van der Waals surface area contributed by atoms with E-state index in [1.165, 1.54) is 0 Å². The van der Waals surface area contributed by atoms with Crippen LogP contribution in [0.1, 0.15) is 29.5 Å². The number of amides is 1. The van der Waals surface area contributed by atoms with Crippen molar-refractivity contribution in [1.82, 2.24) is 0 Å². The predicted molar refractivity (Wildman–Crippen MR) is 137 cm³/mol. The average Bonchev–Trinajstić information content (AvgIpc) is 2.86. The highest BCUT2D eigenvalue weighted by Crippen LogP contribution is 2.54. The van der Waals surface area contributed by atoms with Crippen molar-refractivity contribution in [3.63, 3.8) is 0 Å². The molecule has 1 saturated carbocycles. The lowest BCUT2D eigenvalue weighted by Crippen LogP contribution is -2.58. The van der Waals surface area contributed by atoms with Gasteiger partial charge in [0.15, 0.2) is 11.4 Å². The first-order chi connectivity index (χ1) is 17.9. The first-order valence-corrected chi connectivity index (χ1v) is 12.1. The SMILES string of the molecule is CN(C)c1cc(-c2cccc(CO)c2)c(O)c2c1C[C@H]1C[C@H]3CC(=O)C(C(N)=O)=C(O)[C@@]3(O)C(=O)C1=C2O. The van der Waals surface area contributed by atoms with Crippen molar-refractivity contribution >= 4 is 28.9 Å². The smallest absolute Gasteiger partial charge is 0.255 e. The molecule has 1 fully saturated rings. The Morgan fingerprint density at radius 1 is 1.13 bits per heavy atom. The zero-order valence-corrected chi connectivity index (χ0v) is 20.9. The van der Waals surface area contributed by atoms with Gasteiger partial charge >= 0.3 is 0 Å². The highest BCUT2D eigenvalue weighted by molar-refractivity contribution is 6.22. The van der Waals surface area contributed by atoms with Gasteiger partial charge in [0.05, 0.1) is 12.2 Å². The number of phenolic OH excluding ortho intramolecular Hbond substituents is 1. The number of hydrogen-bond donors (Lipinski definition) is 6. The Morgan fingerprint density at radius 2 is 1.84 bits per heavy atom. The Hall–Kier alpha value is -4.15. The van der Waals surface area contributed by atoms with Gasteiger partial charge in [0, 0.05) is 43.3 Å². The van der Waals surface area contributed by atoms with Gasteiger partial charge in [0.2, 0.25) is 5.78 Å². The third kappa shape index (κ3) is 3.44. The molecular weight excluding hydrogens is 492 g/mol. The molecule has 0 bridgehead atoms. The molecule has 0 saturated heterocycles. The van der Waals surface area contributed by atoms with Crippen LogP contribution < -0.4 is 10.6 Å². The molecule has 7 N–H and O–H groups in total. The highest BCUT2D eigenvalue weighted by atomic mass is 16.3. The second kappa shape index (κ2) is 8.71. The Bertz CT molecular complexity index is 1490. The molecule has 1 amide bonds. The Labute approximate surface area is 217 Å². The fourth-order valence-corrected chi connectivity index (χ4v) is 6.13. The topological polar surface area (TPSA) is 182 Å². The van der Waals surface area contributed by atoms with Gasteiger partial charge in [0.25, 0.3) is 5.91 Å². The zero-order chi connectivity index (χ0) is 27.7. The number of anilines is 1. The van der Waals surface area contributed by atoms with Gasteiger partial charge in [-0.25, -0.2) is 0 Å². The Morgan fingerprint density at radius 3 is 2.47 bits per heavy atom. The molecule has 5 rings (SSSR count). The molecule has 0 spiro atoms. The maximum Gasteiger partial charge on any atom is 0.255 e. The van der Waals surface area contributed by atoms with Gasteiger partial charge in [-0.2, -0.15) is 0 Å². The van der Waals surface area contributed by atoms with Crippen LogP contribution in [0.25, 0.3) is 16.9 Å². The lowest BCUT2D eigenvalue weighted by atomic mass is 9.59. The number of nitrogens with zero attached hydrogens (tertiary/aromatic N) is 1. The van der Waals surface area contributed by atoms with Crippen molar-refractivity contribution in [3.8, 4) is 16.9 Å². The molecule has 0 aliphatic heterocycles. The van der Waals surface area contributed by atoms with E-state index in [2.05, 4.69) is 0 Å². The van der Waals surface area contributed by atoms with Crippen LogP contribution in [-0.4, -0.2) is 62.7 Å². The van der Waals surface area contributed by atoms with E-state index in [1.807, 2.05) is 4.90 Å². The molecule has 38 heavy (non-hydrogen) atoms. The van der Waals surface area contributed by atoms with E-state index >= 15 is 0 Å². The number of nitrogens with two attached hydrogens (primary N) is 1. The number of aromatic hydroxyl groups is 1. The second-order valence-corrected chi connectivity index (χ2v) is 10.3. The molecule has 3 aliphatic rings. The van der Waals surface area contributed by atoms with Crippen molar-refractivity contribution in [2.24, 2.45) is 17.6 Å². The summed E-state index contributed by atoms with van der Waals surface area (Å²) in [5.74, 6) is -6.63. The van der Waals surface area contributed by atoms with Crippen LogP contribution in [0.3, 0.4) is 0 Å². The van der Waals surface area contributed by atoms with Crippen molar-refractivity contribution in [2.45, 2.75) is 31.5 Å². The minimum atomic E-state index is -2.61. The van der Waals surface area contributed by atoms with E-state index in [0.717, 1.165) is 0 Å². The largest absolute Gasteiger partial charge is 0.508 e. The number of aliphatic hydroxyl groups excluding tert-OH is 3. The third-order valence-corrected chi connectivity index (χ3v) is 7.94. The molecule has 198 valence electrons. The highest BCUT2D eigenvalue weighted by Gasteiger charge is 2.60. The number of carbonyl (C=O) groups is 3. The van der Waals surface area contributed by atoms with Crippen LogP contribution in [0.15, 0.2) is 47.2 Å². The van der Waals surface area contributed by atoms with Crippen molar-refractivity contribution < 1.29 is 39.9 Å². The molecule has 2 aromatic carbocycles. The minimum absolute atomic E-state index is 0.0210. The van der Waals surface area contributed by atoms with Crippen LogP contribution in [-0.2, 0) is 27.4 Å². The number of rotatable bonds is 4. The number of hydrogen-bond acceptors (Lipinski definition) is 9. The van der Waals surface area contributed by atoms with Crippen molar-refractivity contribution in [3.05, 3.63) is 63.9 Å². The minimum Gasteiger partial charge on any atom is -0.508 e. The van der Waals surface area contributed by atoms with E-state index in [9.17, 15) is 39.9 Å². The monoisotopic (exact) mass is 520 g/mol. The quantitative estimate of drug-likeness (QED) is 0.327. The summed E-state index contributed by atoms with van der Waals surface area (Å²) in [5.41, 5.74) is 4.44. The van der Waals surface area contributed by atoms with Gasteiger partial charge in [0.1, 0.15) is 22.8 Å². The number of Topliss-reactive ketones (excluding diaryl/α,β-unsaturated/α-hetero) is 2. The number of ketones is 2. The zero-order valence-electron chi connectivity index (χ0n) is 20.9. The summed E-state index contributed by atoms with van der Waals surface area (Å²) in [6, 6.07) is 8.65. The molecule has 10 nitrogen and oxygen atoms in total. The van der Waals surface area contributed by atoms with Crippen molar-refractivity contribution in [1.29, 1.82) is 0 Å². The molecule has 3 atom stereocenters. The molecule has 0 aromatic heterocycles. The van der Waals surface area contributed by atoms with Gasteiger partial charge in [-0.3, -0.25) is 14.4 Å². The number of carbonyl (C=O) groups excluding carboxylic acids is 3. The molecule has 0 radical (unpaired) electrons. The molecule has 3 aliphatic carbocycles. The maximum absolute atomic E-state index is 13.7. The fourth-order valence-electron chi connectivity index (χ4n) is 6.13. The number of primary amides is 1. The number of aliphatic hydroxyl groups is 4. The molecule has 2 aromatic rings. The van der Waals surface area contributed by atoms with E-state index in [1.54, 1.807) is 44.4 Å². The lowest BCUT2D eigenvalue weighted by molar-refractivity contribution is -0.147. The number of phenols is 1. The summed E-state index contributed by atoms with van der Waals surface area (Å²) in [7, 11) is 3.60. The van der Waals surface area contributed by atoms with Gasteiger partial charge in [-0.1, -0.05) is 18.2 Å². The number of fused-ring (bicyclic) bond motifs is 3. The first kappa shape index (κ1) is 25.5.